The summed E-state index contributed by atoms with van der Waals surface area (Å²) in [4.78, 5) is 11.1. The van der Waals surface area contributed by atoms with Gasteiger partial charge in [0.2, 0.25) is 5.91 Å². The van der Waals surface area contributed by atoms with E-state index in [-0.39, 0.29) is 11.3 Å². The van der Waals surface area contributed by atoms with Crippen LogP contribution in [-0.2, 0) is 18.5 Å². The van der Waals surface area contributed by atoms with Gasteiger partial charge in [-0.25, -0.2) is 0 Å². The minimum Gasteiger partial charge on any atom is -0.355 e. The van der Waals surface area contributed by atoms with Gasteiger partial charge in [-0.15, -0.1) is 0 Å². The molecule has 1 aliphatic rings. The van der Waals surface area contributed by atoms with E-state index in [1.165, 1.54) is 37.7 Å². The molecule has 1 aromatic carbocycles. The van der Waals surface area contributed by atoms with Crippen molar-refractivity contribution in [2.75, 3.05) is 6.54 Å². The maximum atomic E-state index is 11.1. The van der Waals surface area contributed by atoms with Crippen molar-refractivity contribution in [3.63, 3.8) is 0 Å². The third-order valence-electron chi connectivity index (χ3n) is 3.87. The van der Waals surface area contributed by atoms with E-state index in [2.05, 4.69) is 57.0 Å². The van der Waals surface area contributed by atoms with Crippen molar-refractivity contribution < 1.29 is 13.2 Å². The summed E-state index contributed by atoms with van der Waals surface area (Å²) in [6, 6.07) is 10.7. The Morgan fingerprint density at radius 2 is 1.64 bits per heavy atom. The van der Waals surface area contributed by atoms with Crippen molar-refractivity contribution in [3.8, 4) is 0 Å². The molecule has 7 heteroatoms. The molecule has 4 nitrogen and oxygen atoms in total. The third kappa shape index (κ3) is 7.47. The molecule has 1 amide bonds. The highest BCUT2D eigenvalue weighted by molar-refractivity contribution is 8.31. The van der Waals surface area contributed by atoms with Crippen molar-refractivity contribution in [2.24, 2.45) is 0 Å². The summed E-state index contributed by atoms with van der Waals surface area (Å²) in [5, 5.41) is 3.02. The fourth-order valence-electron chi connectivity index (χ4n) is 2.88. The van der Waals surface area contributed by atoms with Gasteiger partial charge in [0, 0.05) is 40.2 Å². The first-order chi connectivity index (χ1) is 10.2. The maximum Gasteiger partial charge on any atom is 0.317 e. The van der Waals surface area contributed by atoms with Crippen LogP contribution in [-0.4, -0.2) is 20.9 Å². The van der Waals surface area contributed by atoms with Crippen LogP contribution in [0.5, 0.6) is 0 Å². The van der Waals surface area contributed by atoms with Crippen LogP contribution in [0, 0.1) is 0 Å². The lowest BCUT2D eigenvalue weighted by Gasteiger charge is -2.38. The number of benzene rings is 1. The summed E-state index contributed by atoms with van der Waals surface area (Å²) in [7, 11) is 4.81. The highest BCUT2D eigenvalue weighted by atomic mass is 36.0. The van der Waals surface area contributed by atoms with Crippen LogP contribution in [0.4, 0.5) is 0 Å². The number of halogens is 2. The lowest BCUT2D eigenvalue weighted by Crippen LogP contribution is -2.41. The quantitative estimate of drug-likeness (QED) is 0.829. The van der Waals surface area contributed by atoms with E-state index in [0.717, 1.165) is 6.54 Å². The highest BCUT2D eigenvalue weighted by Crippen LogP contribution is 2.38. The van der Waals surface area contributed by atoms with Crippen molar-refractivity contribution in [2.45, 2.75) is 44.4 Å². The second-order valence-electron chi connectivity index (χ2n) is 5.50. The molecule has 124 valence electrons. The van der Waals surface area contributed by atoms with E-state index < -0.39 is 8.26 Å². The van der Waals surface area contributed by atoms with Crippen molar-refractivity contribution >= 4 is 35.5 Å². The molecule has 0 atom stereocenters. The Bertz CT molecular complexity index is 562. The van der Waals surface area contributed by atoms with Gasteiger partial charge < -0.3 is 5.32 Å². The number of amides is 1. The first-order valence-corrected chi connectivity index (χ1v) is 10.3. The molecule has 0 aliphatic heterocycles. The largest absolute Gasteiger partial charge is 0.355 e. The van der Waals surface area contributed by atoms with Gasteiger partial charge in [-0.2, -0.15) is 8.42 Å². The van der Waals surface area contributed by atoms with Crippen molar-refractivity contribution in [1.29, 1.82) is 0 Å². The lowest BCUT2D eigenvalue weighted by atomic mass is 9.69. The molecule has 0 spiro atoms. The molecule has 2 rings (SSSR count). The zero-order chi connectivity index (χ0) is 16.6. The highest BCUT2D eigenvalue weighted by Gasteiger charge is 2.33. The van der Waals surface area contributed by atoms with E-state index >= 15 is 0 Å². The van der Waals surface area contributed by atoms with E-state index in [1.54, 1.807) is 6.92 Å². The van der Waals surface area contributed by atoms with E-state index in [4.69, 9.17) is 8.42 Å². The molecule has 1 saturated carbocycles. The monoisotopic (exact) mass is 365 g/mol. The summed E-state index contributed by atoms with van der Waals surface area (Å²) in [6.07, 6.45) is 6.26. The summed E-state index contributed by atoms with van der Waals surface area (Å²) >= 11 is 0. The molecule has 0 aromatic heterocycles. The number of hydrogen-bond acceptors (Lipinski definition) is 3. The molecule has 1 fully saturated rings. The average Bonchev–Trinajstić information content (AvgIpc) is 2.45. The molecule has 1 aliphatic carbocycles. The van der Waals surface area contributed by atoms with Crippen LogP contribution < -0.4 is 5.32 Å². The smallest absolute Gasteiger partial charge is 0.317 e. The molecule has 1 aromatic rings. The van der Waals surface area contributed by atoms with E-state index in [0.29, 0.717) is 0 Å². The van der Waals surface area contributed by atoms with Crippen LogP contribution in [0.3, 0.4) is 0 Å². The topological polar surface area (TPSA) is 63.2 Å². The molecule has 0 saturated heterocycles. The summed E-state index contributed by atoms with van der Waals surface area (Å²) < 4.78 is 18.3. The van der Waals surface area contributed by atoms with Crippen LogP contribution >= 0.6 is 21.4 Å². The van der Waals surface area contributed by atoms with Crippen molar-refractivity contribution in [3.05, 3.63) is 35.9 Å². The average molecular weight is 366 g/mol. The number of carbonyl (C=O) groups excluding carboxylic acids is 1. The molecular weight excluding hydrogens is 345 g/mol. The molecular formula is C15H21Cl2NO3S. The SMILES string of the molecule is CC(=O)NCC1(c2ccccc2)CCCCC1.O=S(=O)(Cl)Cl. The number of hydrogen-bond donors (Lipinski definition) is 1. The number of nitrogens with one attached hydrogen (secondary N) is 1. The van der Waals surface area contributed by atoms with Gasteiger partial charge in [0.1, 0.15) is 0 Å². The minimum atomic E-state index is -3.72. The minimum absolute atomic E-state index is 0.0749. The summed E-state index contributed by atoms with van der Waals surface area (Å²) in [5.41, 5.74) is 1.55. The van der Waals surface area contributed by atoms with Crippen LogP contribution in [0.25, 0.3) is 0 Å². The van der Waals surface area contributed by atoms with Crippen LogP contribution in [0.15, 0.2) is 30.3 Å². The molecule has 22 heavy (non-hydrogen) atoms. The molecule has 0 radical (unpaired) electrons. The Balaban J connectivity index is 0.000000422. The molecule has 0 heterocycles. The zero-order valence-electron chi connectivity index (χ0n) is 12.5. The van der Waals surface area contributed by atoms with Gasteiger partial charge in [0.05, 0.1) is 0 Å². The first kappa shape index (κ1) is 19.3. The lowest BCUT2D eigenvalue weighted by molar-refractivity contribution is -0.119. The van der Waals surface area contributed by atoms with Crippen LogP contribution in [0.1, 0.15) is 44.6 Å². The normalized spacial score (nSPS) is 17.0. The Morgan fingerprint density at radius 3 is 2.09 bits per heavy atom. The zero-order valence-corrected chi connectivity index (χ0v) is 14.8. The Morgan fingerprint density at radius 1 is 1.14 bits per heavy atom. The van der Waals surface area contributed by atoms with Gasteiger partial charge in [0.25, 0.3) is 0 Å². The Labute approximate surface area is 141 Å². The summed E-state index contributed by atoms with van der Waals surface area (Å²) in [6.45, 7) is 2.38. The summed E-state index contributed by atoms with van der Waals surface area (Å²) in [5.74, 6) is 0.0749. The second kappa shape index (κ2) is 8.75. The van der Waals surface area contributed by atoms with Crippen molar-refractivity contribution in [1.82, 2.24) is 5.32 Å². The molecule has 1 N–H and O–H groups in total. The van der Waals surface area contributed by atoms with Gasteiger partial charge >= 0.3 is 8.26 Å². The fraction of sp³-hybridized carbons (Fsp3) is 0.533. The fourth-order valence-corrected chi connectivity index (χ4v) is 2.88. The van der Waals surface area contributed by atoms with E-state index in [9.17, 15) is 4.79 Å². The molecule has 0 unspecified atom stereocenters. The maximum absolute atomic E-state index is 11.1. The molecule has 0 bridgehead atoms. The van der Waals surface area contributed by atoms with Crippen LogP contribution in [0.2, 0.25) is 0 Å². The first-order valence-electron chi connectivity index (χ1n) is 7.17. The number of rotatable bonds is 3. The number of carbonyl (C=O) groups is 1. The predicted molar refractivity (Wildman–Crippen MR) is 90.5 cm³/mol. The van der Waals surface area contributed by atoms with Gasteiger partial charge in [-0.3, -0.25) is 4.79 Å². The second-order valence-corrected chi connectivity index (χ2v) is 9.16. The van der Waals surface area contributed by atoms with Gasteiger partial charge in [-0.1, -0.05) is 49.6 Å². The van der Waals surface area contributed by atoms with Gasteiger partial charge in [0.15, 0.2) is 0 Å². The van der Waals surface area contributed by atoms with Gasteiger partial charge in [-0.05, 0) is 18.4 Å². The Kier molecular flexibility index (Phi) is 7.66. The Hall–Kier alpha value is -0.780. The standard InChI is InChI=1S/C15H21NO.Cl2O2S/c1-13(17)16-12-15(10-6-3-7-11-15)14-8-4-2-5-9-14;1-5(2,3)4/h2,4-5,8-9H,3,6-7,10-12H2,1H3,(H,16,17);. The third-order valence-corrected chi connectivity index (χ3v) is 3.87. The van der Waals surface area contributed by atoms with E-state index in [1.807, 2.05) is 0 Å². The predicted octanol–water partition coefficient (Wildman–Crippen LogP) is 3.73.